The fourth-order valence-corrected chi connectivity index (χ4v) is 1.74. The minimum atomic E-state index is -0.491. The summed E-state index contributed by atoms with van der Waals surface area (Å²) >= 11 is 0. The fourth-order valence-electron chi connectivity index (χ4n) is 1.74. The van der Waals surface area contributed by atoms with Gasteiger partial charge in [-0.05, 0) is 23.7 Å². The molecular weight excluding hydrogens is 186 g/mol. The number of aliphatic hydroxyl groups excluding tert-OH is 1. The zero-order valence-corrected chi connectivity index (χ0v) is 7.54. The molecule has 0 unspecified atom stereocenters. The van der Waals surface area contributed by atoms with Crippen LogP contribution in [-0.2, 0) is 6.54 Å². The highest BCUT2D eigenvalue weighted by atomic mass is 16.6. The first kappa shape index (κ1) is 9.14. The maximum Gasteiger partial charge on any atom is 0.434 e. The molecule has 1 aliphatic rings. The molecule has 0 radical (unpaired) electrons. The van der Waals surface area contributed by atoms with Crippen molar-refractivity contribution in [3.05, 3.63) is 22.5 Å². The van der Waals surface area contributed by atoms with Crippen LogP contribution in [-0.4, -0.2) is 25.7 Å². The maximum atomic E-state index is 10.5. The van der Waals surface area contributed by atoms with E-state index in [9.17, 15) is 10.1 Å². The summed E-state index contributed by atoms with van der Waals surface area (Å²) in [5, 5.41) is 19.6. The van der Waals surface area contributed by atoms with Gasteiger partial charge < -0.3 is 15.2 Å². The third kappa shape index (κ3) is 1.60. The highest BCUT2D eigenvalue weighted by Gasteiger charge is 2.30. The molecule has 0 aliphatic heterocycles. The van der Waals surface area contributed by atoms with Crippen molar-refractivity contribution in [3.63, 3.8) is 0 Å². The molecule has 0 bridgehead atoms. The summed E-state index contributed by atoms with van der Waals surface area (Å²) < 4.78 is 1.52. The molecule has 2 rings (SSSR count). The van der Waals surface area contributed by atoms with E-state index in [1.165, 1.54) is 10.8 Å². The van der Waals surface area contributed by atoms with Crippen LogP contribution in [0, 0.1) is 16.0 Å². The van der Waals surface area contributed by atoms with Crippen molar-refractivity contribution in [2.24, 2.45) is 5.92 Å². The Kier molecular flexibility index (Phi) is 2.20. The lowest BCUT2D eigenvalue weighted by Crippen LogP contribution is -2.31. The van der Waals surface area contributed by atoms with Gasteiger partial charge in [-0.15, -0.1) is 0 Å². The van der Waals surface area contributed by atoms with Gasteiger partial charge in [0.1, 0.15) is 12.4 Å². The molecular formula is C8H11N3O3. The normalized spacial score (nSPS) is 25.8. The van der Waals surface area contributed by atoms with Crippen molar-refractivity contribution in [1.82, 2.24) is 9.55 Å². The summed E-state index contributed by atoms with van der Waals surface area (Å²) in [4.78, 5) is 13.7. The Bertz CT molecular complexity index is 343. The largest absolute Gasteiger partial charge is 0.434 e. The molecule has 76 valence electrons. The van der Waals surface area contributed by atoms with Crippen molar-refractivity contribution >= 4 is 5.95 Å². The summed E-state index contributed by atoms with van der Waals surface area (Å²) in [6.07, 6.45) is 4.27. The van der Waals surface area contributed by atoms with Gasteiger partial charge in [0.15, 0.2) is 0 Å². The van der Waals surface area contributed by atoms with Crippen LogP contribution in [0.3, 0.4) is 0 Å². The van der Waals surface area contributed by atoms with Gasteiger partial charge in [0.2, 0.25) is 0 Å². The zero-order valence-electron chi connectivity index (χ0n) is 7.54. The van der Waals surface area contributed by atoms with E-state index in [2.05, 4.69) is 4.98 Å². The SMILES string of the molecule is O=[N+]([O-])c1nccn1CC1CC(O)C1. The standard InChI is InChI=1S/C8H11N3O3/c12-7-3-6(4-7)5-10-2-1-9-8(10)11(13)14/h1-2,6-7,12H,3-5H2. The van der Waals surface area contributed by atoms with Gasteiger partial charge in [-0.2, -0.15) is 0 Å². The minimum absolute atomic E-state index is 0.119. The molecule has 14 heavy (non-hydrogen) atoms. The lowest BCUT2D eigenvalue weighted by molar-refractivity contribution is -0.397. The van der Waals surface area contributed by atoms with E-state index in [1.807, 2.05) is 0 Å². The second-order valence-electron chi connectivity index (χ2n) is 3.63. The van der Waals surface area contributed by atoms with E-state index < -0.39 is 4.92 Å². The monoisotopic (exact) mass is 197 g/mol. The molecule has 0 saturated heterocycles. The summed E-state index contributed by atoms with van der Waals surface area (Å²) in [6, 6.07) is 0. The third-order valence-electron chi connectivity index (χ3n) is 2.52. The molecule has 0 aromatic carbocycles. The summed E-state index contributed by atoms with van der Waals surface area (Å²) in [7, 11) is 0. The third-order valence-corrected chi connectivity index (χ3v) is 2.52. The Labute approximate surface area is 80.3 Å². The molecule has 0 spiro atoms. The van der Waals surface area contributed by atoms with E-state index in [0.29, 0.717) is 12.5 Å². The molecule has 1 saturated carbocycles. The fraction of sp³-hybridized carbons (Fsp3) is 0.625. The molecule has 1 aromatic heterocycles. The van der Waals surface area contributed by atoms with Crippen LogP contribution in [0.15, 0.2) is 12.4 Å². The number of nitrogens with zero attached hydrogens (tertiary/aromatic N) is 3. The predicted octanol–water partition coefficient (Wildman–Crippen LogP) is 0.562. The van der Waals surface area contributed by atoms with Crippen molar-refractivity contribution in [3.8, 4) is 0 Å². The molecule has 0 amide bonds. The van der Waals surface area contributed by atoms with Crippen molar-refractivity contribution in [1.29, 1.82) is 0 Å². The van der Waals surface area contributed by atoms with E-state index in [0.717, 1.165) is 12.8 Å². The highest BCUT2D eigenvalue weighted by molar-refractivity contribution is 5.07. The summed E-state index contributed by atoms with van der Waals surface area (Å²) in [6.45, 7) is 0.577. The van der Waals surface area contributed by atoms with Crippen LogP contribution in [0.4, 0.5) is 5.95 Å². The van der Waals surface area contributed by atoms with Crippen LogP contribution in [0.5, 0.6) is 0 Å². The number of rotatable bonds is 3. The van der Waals surface area contributed by atoms with E-state index in [1.54, 1.807) is 6.20 Å². The molecule has 1 N–H and O–H groups in total. The average molecular weight is 197 g/mol. The van der Waals surface area contributed by atoms with Crippen LogP contribution < -0.4 is 0 Å². The number of imidazole rings is 1. The smallest absolute Gasteiger partial charge is 0.393 e. The van der Waals surface area contributed by atoms with Gasteiger partial charge in [-0.1, -0.05) is 4.98 Å². The summed E-state index contributed by atoms with van der Waals surface area (Å²) in [5.41, 5.74) is 0. The van der Waals surface area contributed by atoms with Crippen LogP contribution in [0.1, 0.15) is 12.8 Å². The van der Waals surface area contributed by atoms with E-state index >= 15 is 0 Å². The molecule has 1 aliphatic carbocycles. The van der Waals surface area contributed by atoms with Gasteiger partial charge >= 0.3 is 5.95 Å². The number of nitro groups is 1. The maximum absolute atomic E-state index is 10.5. The van der Waals surface area contributed by atoms with Gasteiger partial charge in [0.05, 0.1) is 12.6 Å². The first-order valence-corrected chi connectivity index (χ1v) is 4.50. The lowest BCUT2D eigenvalue weighted by Gasteiger charge is -2.30. The highest BCUT2D eigenvalue weighted by Crippen LogP contribution is 2.29. The Morgan fingerprint density at radius 1 is 1.71 bits per heavy atom. The van der Waals surface area contributed by atoms with Crippen molar-refractivity contribution in [2.75, 3.05) is 0 Å². The first-order chi connectivity index (χ1) is 6.66. The Hall–Kier alpha value is -1.43. The van der Waals surface area contributed by atoms with E-state index in [4.69, 9.17) is 5.11 Å². The zero-order chi connectivity index (χ0) is 10.1. The molecule has 0 atom stereocenters. The predicted molar refractivity (Wildman–Crippen MR) is 47.6 cm³/mol. The van der Waals surface area contributed by atoms with Crippen LogP contribution in [0.25, 0.3) is 0 Å². The molecule has 1 fully saturated rings. The molecule has 1 aromatic rings. The topological polar surface area (TPSA) is 81.2 Å². The summed E-state index contributed by atoms with van der Waals surface area (Å²) in [5.74, 6) is 0.226. The minimum Gasteiger partial charge on any atom is -0.393 e. The van der Waals surface area contributed by atoms with Gasteiger partial charge in [0.25, 0.3) is 0 Å². The van der Waals surface area contributed by atoms with Crippen molar-refractivity contribution in [2.45, 2.75) is 25.5 Å². The van der Waals surface area contributed by atoms with Gasteiger partial charge in [0, 0.05) is 0 Å². The number of aliphatic hydroxyl groups is 1. The number of hydrogen-bond acceptors (Lipinski definition) is 4. The van der Waals surface area contributed by atoms with Gasteiger partial charge in [-0.25, -0.2) is 4.57 Å². The van der Waals surface area contributed by atoms with E-state index in [-0.39, 0.29) is 12.1 Å². The number of hydrogen-bond donors (Lipinski definition) is 1. The lowest BCUT2D eigenvalue weighted by atomic mass is 9.82. The number of aromatic nitrogens is 2. The average Bonchev–Trinajstić information content (AvgIpc) is 2.49. The molecule has 1 heterocycles. The Morgan fingerprint density at radius 2 is 2.43 bits per heavy atom. The van der Waals surface area contributed by atoms with Crippen LogP contribution in [0.2, 0.25) is 0 Å². The Morgan fingerprint density at radius 3 is 3.00 bits per heavy atom. The van der Waals surface area contributed by atoms with Crippen molar-refractivity contribution < 1.29 is 10.0 Å². The first-order valence-electron chi connectivity index (χ1n) is 4.50. The quantitative estimate of drug-likeness (QED) is 0.567. The second kappa shape index (κ2) is 3.38. The Balaban J connectivity index is 2.02. The molecule has 6 nitrogen and oxygen atoms in total. The second-order valence-corrected chi connectivity index (χ2v) is 3.63. The molecule has 6 heteroatoms. The van der Waals surface area contributed by atoms with Gasteiger partial charge in [-0.3, -0.25) is 0 Å². The van der Waals surface area contributed by atoms with Crippen LogP contribution >= 0.6 is 0 Å².